The summed E-state index contributed by atoms with van der Waals surface area (Å²) in [5, 5.41) is 13.4. The van der Waals surface area contributed by atoms with E-state index in [1.807, 2.05) is 0 Å². The quantitative estimate of drug-likeness (QED) is 0.283. The maximum absolute atomic E-state index is 14.5. The Morgan fingerprint density at radius 2 is 1.61 bits per heavy atom. The van der Waals surface area contributed by atoms with Gasteiger partial charge in [0.15, 0.2) is 0 Å². The van der Waals surface area contributed by atoms with E-state index in [9.17, 15) is 9.90 Å². The highest BCUT2D eigenvalue weighted by Gasteiger charge is 2.69. The third-order valence-electron chi connectivity index (χ3n) is 15.6. The van der Waals surface area contributed by atoms with Crippen molar-refractivity contribution in [2.24, 2.45) is 56.7 Å². The van der Waals surface area contributed by atoms with Crippen LogP contribution in [0.3, 0.4) is 0 Å². The summed E-state index contributed by atoms with van der Waals surface area (Å²) in [6.07, 6.45) is 12.1. The molecule has 3 nitrogen and oxygen atoms in total. The molecule has 0 saturated heterocycles. The van der Waals surface area contributed by atoms with Crippen LogP contribution in [0, 0.1) is 56.7 Å². The van der Waals surface area contributed by atoms with Crippen LogP contribution >= 0.6 is 0 Å². The van der Waals surface area contributed by atoms with Gasteiger partial charge in [-0.15, -0.1) is 0 Å². The summed E-state index contributed by atoms with van der Waals surface area (Å²) in [6, 6.07) is 14.7. The lowest BCUT2D eigenvalue weighted by atomic mass is 9.33. The van der Waals surface area contributed by atoms with E-state index in [0.29, 0.717) is 30.3 Å². The minimum Gasteiger partial charge on any atom is -0.460 e. The van der Waals surface area contributed by atoms with Gasteiger partial charge in [-0.1, -0.05) is 103 Å². The number of allylic oxidation sites excluding steroid dienone is 2. The van der Waals surface area contributed by atoms with Gasteiger partial charge in [0.05, 0.1) is 11.5 Å². The summed E-state index contributed by atoms with van der Waals surface area (Å²) in [5.41, 5.74) is 2.74. The summed E-state index contributed by atoms with van der Waals surface area (Å²) in [4.78, 5) is 14.5. The second-order valence-corrected chi connectivity index (χ2v) is 17.4. The number of rotatable bonds is 3. The average molecular weight is 597 g/mol. The van der Waals surface area contributed by atoms with Crippen molar-refractivity contribution < 1.29 is 14.6 Å². The first kappa shape index (κ1) is 30.5. The van der Waals surface area contributed by atoms with Crippen molar-refractivity contribution >= 4 is 16.7 Å². The van der Waals surface area contributed by atoms with Gasteiger partial charge in [0.2, 0.25) is 0 Å². The van der Waals surface area contributed by atoms with Crippen molar-refractivity contribution in [1.82, 2.24) is 0 Å². The largest absolute Gasteiger partial charge is 0.460 e. The van der Waals surface area contributed by atoms with Gasteiger partial charge in [-0.05, 0) is 125 Å². The Kier molecular flexibility index (Phi) is 7.06. The fourth-order valence-electron chi connectivity index (χ4n) is 12.5. The van der Waals surface area contributed by atoms with Crippen LogP contribution in [0.2, 0.25) is 0 Å². The Morgan fingerprint density at radius 3 is 2.41 bits per heavy atom. The minimum atomic E-state index is -0.427. The zero-order valence-electron chi connectivity index (χ0n) is 28.4. The van der Waals surface area contributed by atoms with Gasteiger partial charge >= 0.3 is 5.97 Å². The molecule has 0 aliphatic heterocycles. The van der Waals surface area contributed by atoms with Crippen LogP contribution in [0.4, 0.5) is 0 Å². The molecule has 4 fully saturated rings. The molecular formula is C41H56O3. The molecule has 0 amide bonds. The number of hydrogen-bond acceptors (Lipinski definition) is 3. The Hall–Kier alpha value is -2.13. The normalized spacial score (nSPS) is 44.4. The topological polar surface area (TPSA) is 46.5 Å². The summed E-state index contributed by atoms with van der Waals surface area (Å²) in [5.74, 6) is 2.50. The Balaban J connectivity index is 1.24. The molecule has 1 unspecified atom stereocenters. The molecule has 2 aromatic carbocycles. The standard InChI is InChI=1S/C41H56O3/c1-26-17-22-41(36(43)44-25-29-13-10-12-28-11-8-9-14-30(28)29)24-23-39(6)31(35(41)27(26)2)15-16-33-38(5)20-19-34(42)37(3,4)32(38)18-21-40(33,39)7/h8-15,26-27,32-35,42H,16-25H2,1-7H3/t26-,27+,32?,33-,34+,35+,38+,39-,40-,41+/m1/s1. The fourth-order valence-corrected chi connectivity index (χ4v) is 12.5. The molecule has 1 N–H and O–H groups in total. The van der Waals surface area contributed by atoms with Crippen molar-refractivity contribution in [3.63, 3.8) is 0 Å². The molecule has 4 saturated carbocycles. The highest BCUT2D eigenvalue weighted by atomic mass is 16.5. The molecule has 238 valence electrons. The lowest BCUT2D eigenvalue weighted by molar-refractivity contribution is -0.207. The van der Waals surface area contributed by atoms with Crippen molar-refractivity contribution in [3.8, 4) is 0 Å². The first-order valence-corrected chi connectivity index (χ1v) is 17.8. The lowest BCUT2D eigenvalue weighted by Crippen LogP contribution is -2.65. The van der Waals surface area contributed by atoms with Crippen molar-refractivity contribution in [2.75, 3.05) is 0 Å². The maximum Gasteiger partial charge on any atom is 0.313 e. The Bertz CT molecular complexity index is 1480. The second kappa shape index (κ2) is 10.2. The lowest BCUT2D eigenvalue weighted by Gasteiger charge is -2.71. The number of hydrogen-bond donors (Lipinski definition) is 1. The monoisotopic (exact) mass is 596 g/mol. The fraction of sp³-hybridized carbons (Fsp3) is 0.683. The van der Waals surface area contributed by atoms with Gasteiger partial charge in [0.1, 0.15) is 6.61 Å². The molecule has 0 spiro atoms. The first-order valence-electron chi connectivity index (χ1n) is 17.8. The van der Waals surface area contributed by atoms with Crippen LogP contribution in [0.1, 0.15) is 112 Å². The van der Waals surface area contributed by atoms with E-state index in [1.165, 1.54) is 23.6 Å². The Morgan fingerprint density at radius 1 is 0.864 bits per heavy atom. The van der Waals surface area contributed by atoms with Crippen LogP contribution in [-0.4, -0.2) is 17.2 Å². The smallest absolute Gasteiger partial charge is 0.313 e. The summed E-state index contributed by atoms with van der Waals surface area (Å²) in [7, 11) is 0. The molecule has 3 heteroatoms. The van der Waals surface area contributed by atoms with Crippen molar-refractivity contribution in [2.45, 2.75) is 119 Å². The average Bonchev–Trinajstić information content (AvgIpc) is 3.00. The number of fused-ring (bicyclic) bond motifs is 8. The van der Waals surface area contributed by atoms with Crippen molar-refractivity contribution in [1.29, 1.82) is 0 Å². The number of carbonyl (C=O) groups excluding carboxylic acids is 1. The zero-order chi connectivity index (χ0) is 31.3. The van der Waals surface area contributed by atoms with Crippen LogP contribution in [-0.2, 0) is 16.1 Å². The van der Waals surface area contributed by atoms with E-state index in [4.69, 9.17) is 4.74 Å². The molecule has 5 aliphatic carbocycles. The number of aliphatic hydroxyl groups excluding tert-OH is 1. The predicted molar refractivity (Wildman–Crippen MR) is 179 cm³/mol. The van der Waals surface area contributed by atoms with Crippen molar-refractivity contribution in [3.05, 3.63) is 59.7 Å². The zero-order valence-corrected chi connectivity index (χ0v) is 28.4. The predicted octanol–water partition coefficient (Wildman–Crippen LogP) is 9.90. The van der Waals surface area contributed by atoms with E-state index < -0.39 is 5.41 Å². The molecule has 0 heterocycles. The highest BCUT2D eigenvalue weighted by molar-refractivity contribution is 5.86. The summed E-state index contributed by atoms with van der Waals surface area (Å²) < 4.78 is 6.39. The minimum absolute atomic E-state index is 0.0396. The highest BCUT2D eigenvalue weighted by Crippen LogP contribution is 2.75. The SMILES string of the molecule is C[C@H]1[C@H](C)CC[C@]2(C(=O)OCc3cccc4ccccc34)CC[C@]3(C)C(=CC[C@@H]4[C@@]5(C)CC[C@H](O)C(C)(C)C5CC[C@]43C)[C@H]12. The van der Waals surface area contributed by atoms with Gasteiger partial charge in [-0.2, -0.15) is 0 Å². The van der Waals surface area contributed by atoms with E-state index >= 15 is 0 Å². The van der Waals surface area contributed by atoms with Gasteiger partial charge in [-0.3, -0.25) is 4.79 Å². The Labute approximate surface area is 266 Å². The number of carbonyl (C=O) groups is 1. The molecule has 7 rings (SSSR count). The molecule has 10 atom stereocenters. The van der Waals surface area contributed by atoms with E-state index in [2.05, 4.69) is 97.0 Å². The summed E-state index contributed by atoms with van der Waals surface area (Å²) >= 11 is 0. The molecule has 0 bridgehead atoms. The van der Waals surface area contributed by atoms with E-state index in [1.54, 1.807) is 5.57 Å². The van der Waals surface area contributed by atoms with Gasteiger partial charge in [0.25, 0.3) is 0 Å². The van der Waals surface area contributed by atoms with Crippen LogP contribution in [0.25, 0.3) is 10.8 Å². The van der Waals surface area contributed by atoms with Gasteiger partial charge in [0, 0.05) is 0 Å². The third-order valence-corrected chi connectivity index (χ3v) is 15.6. The number of esters is 1. The van der Waals surface area contributed by atoms with E-state index in [0.717, 1.165) is 50.5 Å². The first-order chi connectivity index (χ1) is 20.8. The number of aliphatic hydroxyl groups is 1. The third kappa shape index (κ3) is 3.99. The maximum atomic E-state index is 14.5. The molecule has 0 aromatic heterocycles. The van der Waals surface area contributed by atoms with E-state index in [-0.39, 0.29) is 39.7 Å². The van der Waals surface area contributed by atoms with Gasteiger partial charge in [-0.25, -0.2) is 0 Å². The van der Waals surface area contributed by atoms with Crippen LogP contribution in [0.5, 0.6) is 0 Å². The molecular weight excluding hydrogens is 540 g/mol. The molecule has 2 aromatic rings. The molecule has 44 heavy (non-hydrogen) atoms. The number of benzene rings is 2. The number of ether oxygens (including phenoxy) is 1. The summed E-state index contributed by atoms with van der Waals surface area (Å²) in [6.45, 7) is 17.7. The van der Waals surface area contributed by atoms with Gasteiger partial charge < -0.3 is 9.84 Å². The second-order valence-electron chi connectivity index (χ2n) is 17.4. The van der Waals surface area contributed by atoms with Crippen LogP contribution < -0.4 is 0 Å². The molecule has 0 radical (unpaired) electrons. The van der Waals surface area contributed by atoms with Crippen LogP contribution in [0.15, 0.2) is 54.1 Å². The molecule has 5 aliphatic rings.